The number of amides is 1. The van der Waals surface area contributed by atoms with E-state index in [1.807, 2.05) is 6.07 Å². The number of hydrogen-bond acceptors (Lipinski definition) is 4. The summed E-state index contributed by atoms with van der Waals surface area (Å²) < 4.78 is 11.0. The molecule has 1 aliphatic heterocycles. The molecule has 0 spiro atoms. The molecule has 130 valence electrons. The zero-order valence-corrected chi connectivity index (χ0v) is 14.1. The van der Waals surface area contributed by atoms with Crippen LogP contribution in [0.3, 0.4) is 0 Å². The Morgan fingerprint density at radius 2 is 2.12 bits per heavy atom. The Balaban J connectivity index is 1.41. The Morgan fingerprint density at radius 3 is 2.92 bits per heavy atom. The van der Waals surface area contributed by atoms with Gasteiger partial charge in [-0.25, -0.2) is 4.98 Å². The van der Waals surface area contributed by atoms with Crippen molar-refractivity contribution >= 4 is 5.91 Å². The van der Waals surface area contributed by atoms with Crippen LogP contribution in [0, 0.1) is 0 Å². The molecule has 1 saturated heterocycles. The maximum Gasteiger partial charge on any atom is 0.253 e. The largest absolute Gasteiger partial charge is 0.472 e. The molecule has 4 rings (SSSR count). The van der Waals surface area contributed by atoms with Crippen LogP contribution in [-0.4, -0.2) is 30.2 Å². The number of ether oxygens (including phenoxy) is 2. The molecule has 1 amide bonds. The standard InChI is InChI=1S/C20H22N2O3/c23-20(22-18-7-3-5-14-4-1-2-6-17(14)18)15-8-9-19(21-12-15)25-16-10-11-24-13-16/h1-2,4,6,8-9,12,16,18H,3,5,7,10-11,13H2,(H,22,23). The second kappa shape index (κ2) is 7.23. The van der Waals surface area contributed by atoms with E-state index < -0.39 is 0 Å². The second-order valence-corrected chi connectivity index (χ2v) is 6.61. The molecule has 2 atom stereocenters. The highest BCUT2D eigenvalue weighted by Crippen LogP contribution is 2.29. The van der Waals surface area contributed by atoms with Gasteiger partial charge < -0.3 is 14.8 Å². The molecule has 1 aromatic heterocycles. The lowest BCUT2D eigenvalue weighted by molar-refractivity contribution is 0.0932. The number of carbonyl (C=O) groups is 1. The van der Waals surface area contributed by atoms with Gasteiger partial charge in [-0.3, -0.25) is 4.79 Å². The molecule has 0 saturated carbocycles. The Hall–Kier alpha value is -2.40. The molecule has 2 aliphatic rings. The first-order valence-corrected chi connectivity index (χ1v) is 8.89. The summed E-state index contributed by atoms with van der Waals surface area (Å²) in [6, 6.07) is 11.9. The summed E-state index contributed by atoms with van der Waals surface area (Å²) in [6.45, 7) is 1.33. The third-order valence-electron chi connectivity index (χ3n) is 4.85. The number of pyridine rings is 1. The third-order valence-corrected chi connectivity index (χ3v) is 4.85. The number of aryl methyl sites for hydroxylation is 1. The average molecular weight is 338 g/mol. The molecule has 5 nitrogen and oxygen atoms in total. The Labute approximate surface area is 147 Å². The monoisotopic (exact) mass is 338 g/mol. The Bertz CT molecular complexity index is 739. The predicted octanol–water partition coefficient (Wildman–Crippen LogP) is 3.06. The van der Waals surface area contributed by atoms with Gasteiger partial charge in [0, 0.05) is 18.7 Å². The summed E-state index contributed by atoms with van der Waals surface area (Å²) in [7, 11) is 0. The number of rotatable bonds is 4. The van der Waals surface area contributed by atoms with E-state index in [4.69, 9.17) is 9.47 Å². The first-order chi connectivity index (χ1) is 12.3. The molecule has 0 bridgehead atoms. The second-order valence-electron chi connectivity index (χ2n) is 6.61. The fourth-order valence-electron chi connectivity index (χ4n) is 3.51. The van der Waals surface area contributed by atoms with Gasteiger partial charge >= 0.3 is 0 Å². The molecule has 5 heteroatoms. The molecule has 1 fully saturated rings. The van der Waals surface area contributed by atoms with Crippen LogP contribution in [0.1, 0.15) is 46.8 Å². The summed E-state index contributed by atoms with van der Waals surface area (Å²) in [6.07, 6.45) is 5.67. The highest BCUT2D eigenvalue weighted by atomic mass is 16.5. The lowest BCUT2D eigenvalue weighted by Crippen LogP contribution is -2.31. The van der Waals surface area contributed by atoms with Gasteiger partial charge in [-0.1, -0.05) is 24.3 Å². The van der Waals surface area contributed by atoms with Gasteiger partial charge in [0.05, 0.1) is 24.8 Å². The van der Waals surface area contributed by atoms with E-state index in [-0.39, 0.29) is 18.1 Å². The maximum absolute atomic E-state index is 12.6. The fourth-order valence-corrected chi connectivity index (χ4v) is 3.51. The van der Waals surface area contributed by atoms with Gasteiger partial charge in [-0.15, -0.1) is 0 Å². The molecule has 25 heavy (non-hydrogen) atoms. The lowest BCUT2D eigenvalue weighted by atomic mass is 9.87. The fraction of sp³-hybridized carbons (Fsp3) is 0.400. The third kappa shape index (κ3) is 3.66. The van der Waals surface area contributed by atoms with Crippen LogP contribution in [0.25, 0.3) is 0 Å². The number of nitrogens with zero attached hydrogens (tertiary/aromatic N) is 1. The minimum absolute atomic E-state index is 0.0610. The Morgan fingerprint density at radius 1 is 1.20 bits per heavy atom. The van der Waals surface area contributed by atoms with E-state index >= 15 is 0 Å². The predicted molar refractivity (Wildman–Crippen MR) is 93.7 cm³/mol. The minimum atomic E-state index is -0.0926. The molecular formula is C20H22N2O3. The molecule has 0 radical (unpaired) electrons. The molecule has 1 aliphatic carbocycles. The van der Waals surface area contributed by atoms with Crippen LogP contribution in [0.4, 0.5) is 0 Å². The van der Waals surface area contributed by atoms with E-state index in [1.165, 1.54) is 11.1 Å². The van der Waals surface area contributed by atoms with Crippen molar-refractivity contribution in [1.82, 2.24) is 10.3 Å². The van der Waals surface area contributed by atoms with Crippen LogP contribution in [0.5, 0.6) is 5.88 Å². The smallest absolute Gasteiger partial charge is 0.253 e. The van der Waals surface area contributed by atoms with Gasteiger partial charge in [0.25, 0.3) is 5.91 Å². The van der Waals surface area contributed by atoms with Gasteiger partial charge in [0.2, 0.25) is 5.88 Å². The number of hydrogen-bond donors (Lipinski definition) is 1. The molecule has 1 N–H and O–H groups in total. The van der Waals surface area contributed by atoms with Crippen molar-refractivity contribution in [2.24, 2.45) is 0 Å². The van der Waals surface area contributed by atoms with Crippen molar-refractivity contribution in [3.8, 4) is 5.88 Å². The summed E-state index contributed by atoms with van der Waals surface area (Å²) in [4.78, 5) is 16.8. The minimum Gasteiger partial charge on any atom is -0.472 e. The number of fused-ring (bicyclic) bond motifs is 1. The van der Waals surface area contributed by atoms with E-state index in [0.29, 0.717) is 18.1 Å². The highest BCUT2D eigenvalue weighted by molar-refractivity contribution is 5.94. The summed E-state index contributed by atoms with van der Waals surface area (Å²) in [5.41, 5.74) is 3.12. The van der Waals surface area contributed by atoms with Crippen LogP contribution in [0.15, 0.2) is 42.6 Å². The first kappa shape index (κ1) is 16.1. The topological polar surface area (TPSA) is 60.5 Å². The van der Waals surface area contributed by atoms with Crippen molar-refractivity contribution in [3.63, 3.8) is 0 Å². The molecule has 1 aromatic carbocycles. The first-order valence-electron chi connectivity index (χ1n) is 8.89. The molecular weight excluding hydrogens is 316 g/mol. The number of benzene rings is 1. The van der Waals surface area contributed by atoms with E-state index in [1.54, 1.807) is 18.3 Å². The Kier molecular flexibility index (Phi) is 4.65. The highest BCUT2D eigenvalue weighted by Gasteiger charge is 2.22. The summed E-state index contributed by atoms with van der Waals surface area (Å²) in [5.74, 6) is 0.444. The molecule has 2 aromatic rings. The van der Waals surface area contributed by atoms with Crippen molar-refractivity contribution < 1.29 is 14.3 Å². The average Bonchev–Trinajstić information content (AvgIpc) is 3.16. The van der Waals surface area contributed by atoms with Crippen LogP contribution < -0.4 is 10.1 Å². The van der Waals surface area contributed by atoms with Gasteiger partial charge in [-0.2, -0.15) is 0 Å². The van der Waals surface area contributed by atoms with Crippen molar-refractivity contribution in [1.29, 1.82) is 0 Å². The maximum atomic E-state index is 12.6. The van der Waals surface area contributed by atoms with Crippen LogP contribution in [-0.2, 0) is 11.2 Å². The number of aromatic nitrogens is 1. The van der Waals surface area contributed by atoms with E-state index in [0.717, 1.165) is 32.3 Å². The van der Waals surface area contributed by atoms with Gasteiger partial charge in [0.15, 0.2) is 0 Å². The van der Waals surface area contributed by atoms with Crippen molar-refractivity contribution in [3.05, 3.63) is 59.3 Å². The number of nitrogens with one attached hydrogen (secondary N) is 1. The van der Waals surface area contributed by atoms with E-state index in [9.17, 15) is 4.79 Å². The number of carbonyl (C=O) groups excluding carboxylic acids is 1. The lowest BCUT2D eigenvalue weighted by Gasteiger charge is -2.26. The SMILES string of the molecule is O=C(NC1CCCc2ccccc21)c1ccc(OC2CCOC2)nc1. The molecule has 2 unspecified atom stereocenters. The van der Waals surface area contributed by atoms with Crippen LogP contribution in [0.2, 0.25) is 0 Å². The van der Waals surface area contributed by atoms with Gasteiger partial charge in [0.1, 0.15) is 6.10 Å². The zero-order valence-electron chi connectivity index (χ0n) is 14.1. The summed E-state index contributed by atoms with van der Waals surface area (Å²) in [5, 5.41) is 3.14. The van der Waals surface area contributed by atoms with Gasteiger partial charge in [-0.05, 0) is 36.5 Å². The van der Waals surface area contributed by atoms with Crippen molar-refractivity contribution in [2.75, 3.05) is 13.2 Å². The normalized spacial score (nSPS) is 22.2. The van der Waals surface area contributed by atoms with E-state index in [2.05, 4.69) is 28.5 Å². The van der Waals surface area contributed by atoms with Crippen LogP contribution >= 0.6 is 0 Å². The summed E-state index contributed by atoms with van der Waals surface area (Å²) >= 11 is 0. The quantitative estimate of drug-likeness (QED) is 0.931. The zero-order chi connectivity index (χ0) is 17.1. The van der Waals surface area contributed by atoms with Crippen molar-refractivity contribution in [2.45, 2.75) is 37.8 Å². The molecule has 2 heterocycles.